The van der Waals surface area contributed by atoms with Crippen LogP contribution in [0.2, 0.25) is 0 Å². The van der Waals surface area contributed by atoms with Crippen molar-refractivity contribution in [2.24, 2.45) is 0 Å². The fourth-order valence-electron chi connectivity index (χ4n) is 3.63. The monoisotopic (exact) mass is 312 g/mol. The molecule has 1 amide bonds. The second-order valence-corrected chi connectivity index (χ2v) is 7.13. The number of hydrogen-bond acceptors (Lipinski definition) is 3. The minimum atomic E-state index is 0.309. The summed E-state index contributed by atoms with van der Waals surface area (Å²) >= 11 is 1.74. The summed E-state index contributed by atoms with van der Waals surface area (Å²) in [5.74, 6) is 0.309. The SMILES string of the molecule is O=C(CCc1cccs1)N1CCN2c3ccccc3CC2C1. The first-order chi connectivity index (χ1) is 10.8. The first kappa shape index (κ1) is 13.8. The Bertz CT molecular complexity index is 667. The van der Waals surface area contributed by atoms with Gasteiger partial charge in [0.2, 0.25) is 5.91 Å². The molecule has 0 saturated carbocycles. The van der Waals surface area contributed by atoms with Crippen LogP contribution in [0.1, 0.15) is 16.9 Å². The third kappa shape index (κ3) is 2.52. The lowest BCUT2D eigenvalue weighted by molar-refractivity contribution is -0.131. The van der Waals surface area contributed by atoms with E-state index in [0.717, 1.165) is 32.5 Å². The van der Waals surface area contributed by atoms with Gasteiger partial charge in [-0.2, -0.15) is 0 Å². The molecule has 1 unspecified atom stereocenters. The van der Waals surface area contributed by atoms with E-state index in [4.69, 9.17) is 0 Å². The topological polar surface area (TPSA) is 23.6 Å². The molecule has 114 valence electrons. The number of carbonyl (C=O) groups excluding carboxylic acids is 1. The molecule has 4 rings (SSSR count). The van der Waals surface area contributed by atoms with Crippen LogP contribution < -0.4 is 4.90 Å². The highest BCUT2D eigenvalue weighted by Crippen LogP contribution is 2.33. The Morgan fingerprint density at radius 3 is 2.95 bits per heavy atom. The van der Waals surface area contributed by atoms with Gasteiger partial charge in [-0.25, -0.2) is 0 Å². The highest BCUT2D eigenvalue weighted by atomic mass is 32.1. The first-order valence-corrected chi connectivity index (χ1v) is 8.84. The largest absolute Gasteiger partial charge is 0.364 e. The van der Waals surface area contributed by atoms with Gasteiger partial charge in [0.25, 0.3) is 0 Å². The van der Waals surface area contributed by atoms with Crippen LogP contribution in [-0.2, 0) is 17.6 Å². The summed E-state index contributed by atoms with van der Waals surface area (Å²) in [6.07, 6.45) is 2.59. The van der Waals surface area contributed by atoms with Crippen molar-refractivity contribution >= 4 is 22.9 Å². The summed E-state index contributed by atoms with van der Waals surface area (Å²) < 4.78 is 0. The average molecular weight is 312 g/mol. The van der Waals surface area contributed by atoms with Gasteiger partial charge in [-0.1, -0.05) is 24.3 Å². The van der Waals surface area contributed by atoms with Gasteiger partial charge in [0.05, 0.1) is 6.04 Å². The predicted octanol–water partition coefficient (Wildman–Crippen LogP) is 2.95. The maximum atomic E-state index is 12.5. The summed E-state index contributed by atoms with van der Waals surface area (Å²) in [7, 11) is 0. The molecule has 0 spiro atoms. The third-order valence-corrected chi connectivity index (χ3v) is 5.69. The molecule has 2 aliphatic rings. The van der Waals surface area contributed by atoms with Crippen molar-refractivity contribution in [3.63, 3.8) is 0 Å². The van der Waals surface area contributed by atoms with Crippen molar-refractivity contribution in [1.82, 2.24) is 4.90 Å². The van der Waals surface area contributed by atoms with Gasteiger partial charge in [0.15, 0.2) is 0 Å². The zero-order valence-corrected chi connectivity index (χ0v) is 13.4. The van der Waals surface area contributed by atoms with E-state index in [-0.39, 0.29) is 0 Å². The molecule has 1 aromatic carbocycles. The number of para-hydroxylation sites is 1. The molecule has 2 aliphatic heterocycles. The predicted molar refractivity (Wildman–Crippen MR) is 90.5 cm³/mol. The molecule has 3 heterocycles. The Morgan fingerprint density at radius 2 is 2.09 bits per heavy atom. The second-order valence-electron chi connectivity index (χ2n) is 6.10. The number of anilines is 1. The van der Waals surface area contributed by atoms with Crippen molar-refractivity contribution in [2.75, 3.05) is 24.5 Å². The Morgan fingerprint density at radius 1 is 1.18 bits per heavy atom. The molecule has 2 aromatic rings. The summed E-state index contributed by atoms with van der Waals surface area (Å²) in [4.78, 5) is 18.3. The Labute approximate surface area is 135 Å². The minimum absolute atomic E-state index is 0.309. The van der Waals surface area contributed by atoms with Crippen molar-refractivity contribution in [2.45, 2.75) is 25.3 Å². The van der Waals surface area contributed by atoms with Crippen LogP contribution in [0, 0.1) is 0 Å². The van der Waals surface area contributed by atoms with E-state index in [2.05, 4.69) is 51.6 Å². The second kappa shape index (κ2) is 5.76. The highest BCUT2D eigenvalue weighted by Gasteiger charge is 2.35. The number of carbonyl (C=O) groups is 1. The number of amides is 1. The minimum Gasteiger partial charge on any atom is -0.364 e. The number of aryl methyl sites for hydroxylation is 1. The quantitative estimate of drug-likeness (QED) is 0.870. The molecule has 3 nitrogen and oxygen atoms in total. The Balaban J connectivity index is 1.38. The number of thiophene rings is 1. The van der Waals surface area contributed by atoms with Crippen LogP contribution in [0.5, 0.6) is 0 Å². The van der Waals surface area contributed by atoms with E-state index in [0.29, 0.717) is 18.4 Å². The zero-order chi connectivity index (χ0) is 14.9. The molecule has 0 radical (unpaired) electrons. The van der Waals surface area contributed by atoms with Gasteiger partial charge in [0, 0.05) is 36.6 Å². The van der Waals surface area contributed by atoms with Gasteiger partial charge in [-0.3, -0.25) is 4.79 Å². The van der Waals surface area contributed by atoms with E-state index >= 15 is 0 Å². The Kier molecular flexibility index (Phi) is 3.62. The van der Waals surface area contributed by atoms with Gasteiger partial charge in [-0.15, -0.1) is 11.3 Å². The molecule has 1 aromatic heterocycles. The molecule has 0 N–H and O–H groups in total. The van der Waals surface area contributed by atoms with Gasteiger partial charge >= 0.3 is 0 Å². The van der Waals surface area contributed by atoms with E-state index in [9.17, 15) is 4.79 Å². The summed E-state index contributed by atoms with van der Waals surface area (Å²) in [6.45, 7) is 2.69. The molecule has 1 fully saturated rings. The van der Waals surface area contributed by atoms with Crippen molar-refractivity contribution in [3.8, 4) is 0 Å². The molecule has 0 aliphatic carbocycles. The molecule has 1 saturated heterocycles. The average Bonchev–Trinajstić information content (AvgIpc) is 3.19. The Hall–Kier alpha value is -1.81. The van der Waals surface area contributed by atoms with Crippen LogP contribution in [-0.4, -0.2) is 36.5 Å². The lowest BCUT2D eigenvalue weighted by Crippen LogP contribution is -2.53. The number of nitrogens with zero attached hydrogens (tertiary/aromatic N) is 2. The summed E-state index contributed by atoms with van der Waals surface area (Å²) in [6, 6.07) is 13.3. The molecule has 1 atom stereocenters. The van der Waals surface area contributed by atoms with Crippen molar-refractivity contribution in [1.29, 1.82) is 0 Å². The number of hydrogen-bond donors (Lipinski definition) is 0. The first-order valence-electron chi connectivity index (χ1n) is 7.96. The fourth-order valence-corrected chi connectivity index (χ4v) is 4.34. The zero-order valence-electron chi connectivity index (χ0n) is 12.6. The van der Waals surface area contributed by atoms with E-state index in [1.54, 1.807) is 11.3 Å². The van der Waals surface area contributed by atoms with Crippen LogP contribution in [0.4, 0.5) is 5.69 Å². The van der Waals surface area contributed by atoms with Crippen LogP contribution in [0.3, 0.4) is 0 Å². The standard InChI is InChI=1S/C18H20N2OS/c21-18(8-7-16-5-3-11-22-16)19-9-10-20-15(13-19)12-14-4-1-2-6-17(14)20/h1-6,11,15H,7-10,12-13H2. The fraction of sp³-hybridized carbons (Fsp3) is 0.389. The molecule has 4 heteroatoms. The van der Waals surface area contributed by atoms with Crippen LogP contribution >= 0.6 is 11.3 Å². The van der Waals surface area contributed by atoms with E-state index < -0.39 is 0 Å². The maximum Gasteiger partial charge on any atom is 0.223 e. The molecule has 0 bridgehead atoms. The maximum absolute atomic E-state index is 12.5. The highest BCUT2D eigenvalue weighted by molar-refractivity contribution is 7.09. The smallest absolute Gasteiger partial charge is 0.223 e. The van der Waals surface area contributed by atoms with Crippen LogP contribution in [0.15, 0.2) is 41.8 Å². The molecular weight excluding hydrogens is 292 g/mol. The van der Waals surface area contributed by atoms with Crippen molar-refractivity contribution in [3.05, 3.63) is 52.2 Å². The summed E-state index contributed by atoms with van der Waals surface area (Å²) in [5.41, 5.74) is 2.80. The lowest BCUT2D eigenvalue weighted by atomic mass is 10.1. The van der Waals surface area contributed by atoms with E-state index in [1.165, 1.54) is 16.1 Å². The normalized spacial score (nSPS) is 19.9. The van der Waals surface area contributed by atoms with Crippen LogP contribution in [0.25, 0.3) is 0 Å². The third-order valence-electron chi connectivity index (χ3n) is 4.76. The van der Waals surface area contributed by atoms with Crippen molar-refractivity contribution < 1.29 is 4.79 Å². The van der Waals surface area contributed by atoms with Gasteiger partial charge in [0.1, 0.15) is 0 Å². The molecule has 22 heavy (non-hydrogen) atoms. The van der Waals surface area contributed by atoms with Gasteiger partial charge < -0.3 is 9.80 Å². The number of fused-ring (bicyclic) bond motifs is 3. The molecular formula is C18H20N2OS. The number of benzene rings is 1. The number of rotatable bonds is 3. The lowest BCUT2D eigenvalue weighted by Gasteiger charge is -2.39. The summed E-state index contributed by atoms with van der Waals surface area (Å²) in [5, 5.41) is 2.08. The number of piperazine rings is 1. The van der Waals surface area contributed by atoms with E-state index in [1.807, 2.05) is 0 Å². The van der Waals surface area contributed by atoms with Gasteiger partial charge in [-0.05, 0) is 35.9 Å².